The van der Waals surface area contributed by atoms with Crippen LogP contribution in [0.15, 0.2) is 42.5 Å². The number of anilines is 1. The molecule has 0 aromatic heterocycles. The molecule has 4 N–H and O–H groups in total. The Hall–Kier alpha value is -3.00. The van der Waals surface area contributed by atoms with Gasteiger partial charge in [0.15, 0.2) is 11.6 Å². The fraction of sp³-hybridized carbons (Fsp3) is 0.300. The van der Waals surface area contributed by atoms with Crippen molar-refractivity contribution < 1.29 is 23.5 Å². The minimum Gasteiger partial charge on any atom is -0.387 e. The molecule has 1 atom stereocenters. The van der Waals surface area contributed by atoms with E-state index in [9.17, 15) is 23.5 Å². The third-order valence-corrected chi connectivity index (χ3v) is 3.68. The van der Waals surface area contributed by atoms with E-state index in [4.69, 9.17) is 0 Å². The summed E-state index contributed by atoms with van der Waals surface area (Å²) in [4.78, 5) is 24.0. The van der Waals surface area contributed by atoms with Crippen molar-refractivity contribution in [2.45, 2.75) is 32.4 Å². The lowest BCUT2D eigenvalue weighted by molar-refractivity contribution is 0.0919. The second-order valence-corrected chi connectivity index (χ2v) is 7.31. The monoisotopic (exact) mass is 391 g/mol. The van der Waals surface area contributed by atoms with Crippen molar-refractivity contribution in [2.75, 3.05) is 11.9 Å². The first-order valence-corrected chi connectivity index (χ1v) is 8.65. The minimum absolute atomic E-state index is 0.147. The first-order valence-electron chi connectivity index (χ1n) is 8.65. The first kappa shape index (κ1) is 21.3. The van der Waals surface area contributed by atoms with Crippen molar-refractivity contribution in [1.29, 1.82) is 0 Å². The molecule has 150 valence electrons. The topological polar surface area (TPSA) is 90.5 Å². The highest BCUT2D eigenvalue weighted by Crippen LogP contribution is 2.16. The fourth-order valence-corrected chi connectivity index (χ4v) is 2.32. The van der Waals surface area contributed by atoms with Gasteiger partial charge in [-0.15, -0.1) is 0 Å². The Balaban J connectivity index is 1.87. The largest absolute Gasteiger partial charge is 0.387 e. The summed E-state index contributed by atoms with van der Waals surface area (Å²) in [5.74, 6) is -2.31. The first-order chi connectivity index (χ1) is 13.0. The number of nitrogens with one attached hydrogen (secondary N) is 3. The van der Waals surface area contributed by atoms with E-state index in [1.54, 1.807) is 24.3 Å². The summed E-state index contributed by atoms with van der Waals surface area (Å²) in [6.45, 7) is 5.43. The van der Waals surface area contributed by atoms with Crippen LogP contribution in [0.1, 0.15) is 42.8 Å². The maximum absolute atomic E-state index is 13.2. The van der Waals surface area contributed by atoms with E-state index in [-0.39, 0.29) is 23.6 Å². The van der Waals surface area contributed by atoms with Crippen LogP contribution in [0.25, 0.3) is 0 Å². The standard InChI is InChI=1S/C20H23F2N3O3/c1-20(2,3)25-18(27)12-4-7-14(8-5-12)24-19(28)23-11-17(26)13-6-9-15(21)16(22)10-13/h4-10,17,26H,11H2,1-3H3,(H,25,27)(H2,23,24,28). The number of carbonyl (C=O) groups excluding carboxylic acids is 2. The van der Waals surface area contributed by atoms with Gasteiger partial charge < -0.3 is 21.1 Å². The Labute approximate surface area is 162 Å². The third kappa shape index (κ3) is 6.31. The van der Waals surface area contributed by atoms with E-state index in [0.29, 0.717) is 11.3 Å². The Morgan fingerprint density at radius 2 is 1.68 bits per heavy atom. The summed E-state index contributed by atoms with van der Waals surface area (Å²) in [6.07, 6.45) is -1.19. The average Bonchev–Trinajstić information content (AvgIpc) is 2.61. The molecule has 0 fully saturated rings. The lowest BCUT2D eigenvalue weighted by atomic mass is 10.1. The molecule has 0 aliphatic rings. The van der Waals surface area contributed by atoms with Crippen LogP contribution < -0.4 is 16.0 Å². The van der Waals surface area contributed by atoms with Gasteiger partial charge in [-0.25, -0.2) is 13.6 Å². The minimum atomic E-state index is -1.19. The summed E-state index contributed by atoms with van der Waals surface area (Å²) in [5, 5.41) is 17.8. The van der Waals surface area contributed by atoms with Gasteiger partial charge in [0.2, 0.25) is 0 Å². The number of hydrogen-bond donors (Lipinski definition) is 4. The number of halogens is 2. The second-order valence-electron chi connectivity index (χ2n) is 7.31. The molecule has 0 saturated heterocycles. The van der Waals surface area contributed by atoms with E-state index < -0.39 is 23.8 Å². The van der Waals surface area contributed by atoms with Crippen molar-refractivity contribution in [1.82, 2.24) is 10.6 Å². The summed E-state index contributed by atoms with van der Waals surface area (Å²) in [6, 6.07) is 8.73. The van der Waals surface area contributed by atoms with Gasteiger partial charge in [0, 0.05) is 23.3 Å². The predicted molar refractivity (Wildman–Crippen MR) is 102 cm³/mol. The predicted octanol–water partition coefficient (Wildman–Crippen LogP) is 3.35. The van der Waals surface area contributed by atoms with Crippen LogP contribution >= 0.6 is 0 Å². The van der Waals surface area contributed by atoms with Gasteiger partial charge in [-0.3, -0.25) is 4.79 Å². The molecule has 28 heavy (non-hydrogen) atoms. The van der Waals surface area contributed by atoms with Gasteiger partial charge in [-0.05, 0) is 62.7 Å². The van der Waals surface area contributed by atoms with Crippen molar-refractivity contribution in [3.63, 3.8) is 0 Å². The molecule has 0 aliphatic heterocycles. The molecular weight excluding hydrogens is 368 g/mol. The number of benzene rings is 2. The average molecular weight is 391 g/mol. The molecular formula is C20H23F2N3O3. The van der Waals surface area contributed by atoms with Gasteiger partial charge in [0.05, 0.1) is 6.10 Å². The highest BCUT2D eigenvalue weighted by molar-refractivity contribution is 5.95. The van der Waals surface area contributed by atoms with Crippen LogP contribution in [-0.4, -0.2) is 29.1 Å². The third-order valence-electron chi connectivity index (χ3n) is 3.68. The van der Waals surface area contributed by atoms with Crippen LogP contribution in [0.2, 0.25) is 0 Å². The zero-order valence-electron chi connectivity index (χ0n) is 15.8. The number of aliphatic hydroxyl groups excluding tert-OH is 1. The SMILES string of the molecule is CC(C)(C)NC(=O)c1ccc(NC(=O)NCC(O)c2ccc(F)c(F)c2)cc1. The van der Waals surface area contributed by atoms with E-state index in [0.717, 1.165) is 12.1 Å². The number of hydrogen-bond acceptors (Lipinski definition) is 3. The molecule has 0 radical (unpaired) electrons. The van der Waals surface area contributed by atoms with Crippen molar-refractivity contribution >= 4 is 17.6 Å². The lowest BCUT2D eigenvalue weighted by Gasteiger charge is -2.20. The Morgan fingerprint density at radius 3 is 2.25 bits per heavy atom. The quantitative estimate of drug-likeness (QED) is 0.630. The molecule has 6 nitrogen and oxygen atoms in total. The molecule has 0 saturated carbocycles. The normalized spacial score (nSPS) is 12.2. The maximum Gasteiger partial charge on any atom is 0.319 e. The van der Waals surface area contributed by atoms with E-state index >= 15 is 0 Å². The van der Waals surface area contributed by atoms with Crippen LogP contribution in [0, 0.1) is 11.6 Å². The summed E-state index contributed by atoms with van der Waals surface area (Å²) in [7, 11) is 0. The zero-order valence-corrected chi connectivity index (χ0v) is 15.8. The molecule has 2 aromatic rings. The summed E-state index contributed by atoms with van der Waals surface area (Å²) in [5.41, 5.74) is 0.692. The second kappa shape index (κ2) is 8.79. The molecule has 0 heterocycles. The lowest BCUT2D eigenvalue weighted by Crippen LogP contribution is -2.40. The molecule has 1 unspecified atom stereocenters. The van der Waals surface area contributed by atoms with Crippen molar-refractivity contribution in [3.8, 4) is 0 Å². The van der Waals surface area contributed by atoms with Crippen LogP contribution in [0.3, 0.4) is 0 Å². The Bertz CT molecular complexity index is 849. The molecule has 2 rings (SSSR count). The van der Waals surface area contributed by atoms with Gasteiger partial charge in [0.1, 0.15) is 0 Å². The van der Waals surface area contributed by atoms with Gasteiger partial charge in [0.25, 0.3) is 5.91 Å². The summed E-state index contributed by atoms with van der Waals surface area (Å²) < 4.78 is 26.1. The summed E-state index contributed by atoms with van der Waals surface area (Å²) >= 11 is 0. The van der Waals surface area contributed by atoms with Gasteiger partial charge >= 0.3 is 6.03 Å². The molecule has 0 bridgehead atoms. The number of amides is 3. The van der Waals surface area contributed by atoms with Gasteiger partial charge in [-0.1, -0.05) is 6.07 Å². The van der Waals surface area contributed by atoms with E-state index in [2.05, 4.69) is 16.0 Å². The smallest absolute Gasteiger partial charge is 0.319 e. The Kier molecular flexibility index (Phi) is 6.69. The molecule has 2 aromatic carbocycles. The highest BCUT2D eigenvalue weighted by Gasteiger charge is 2.15. The van der Waals surface area contributed by atoms with Crippen LogP contribution in [-0.2, 0) is 0 Å². The van der Waals surface area contributed by atoms with E-state index in [1.165, 1.54) is 6.07 Å². The number of aliphatic hydroxyl groups is 1. The molecule has 0 aliphatic carbocycles. The van der Waals surface area contributed by atoms with Crippen molar-refractivity contribution in [2.24, 2.45) is 0 Å². The molecule has 3 amide bonds. The van der Waals surface area contributed by atoms with Gasteiger partial charge in [-0.2, -0.15) is 0 Å². The number of urea groups is 1. The van der Waals surface area contributed by atoms with E-state index in [1.807, 2.05) is 20.8 Å². The van der Waals surface area contributed by atoms with Crippen molar-refractivity contribution in [3.05, 3.63) is 65.2 Å². The number of carbonyl (C=O) groups is 2. The highest BCUT2D eigenvalue weighted by atomic mass is 19.2. The number of rotatable bonds is 5. The Morgan fingerprint density at radius 1 is 1.04 bits per heavy atom. The fourth-order valence-electron chi connectivity index (χ4n) is 2.32. The molecule has 0 spiro atoms. The molecule has 8 heteroatoms. The zero-order chi connectivity index (χ0) is 20.9. The maximum atomic E-state index is 13.2. The van der Waals surface area contributed by atoms with Crippen LogP contribution in [0.5, 0.6) is 0 Å². The van der Waals surface area contributed by atoms with Crippen LogP contribution in [0.4, 0.5) is 19.3 Å².